The number of halogens is 2. The maximum Gasteiger partial charge on any atom is 0.310 e. The first-order valence-electron chi connectivity index (χ1n) is 4.47. The number of methoxy groups -OCH3 is 1. The number of carbonyl (C=O) groups is 1. The summed E-state index contributed by atoms with van der Waals surface area (Å²) in [5.41, 5.74) is 2.28. The van der Waals surface area contributed by atoms with Crippen molar-refractivity contribution in [2.75, 3.05) is 7.11 Å². The van der Waals surface area contributed by atoms with Crippen LogP contribution in [0.4, 0.5) is 0 Å². The van der Waals surface area contributed by atoms with Crippen LogP contribution < -0.4 is 0 Å². The maximum absolute atomic E-state index is 11.3. The van der Waals surface area contributed by atoms with Gasteiger partial charge in [0.25, 0.3) is 0 Å². The zero-order valence-electron chi connectivity index (χ0n) is 8.59. The third kappa shape index (κ3) is 2.83. The molecule has 1 aromatic carbocycles. The van der Waals surface area contributed by atoms with Gasteiger partial charge in [-0.15, -0.1) is 0 Å². The van der Waals surface area contributed by atoms with Gasteiger partial charge >= 0.3 is 5.97 Å². The van der Waals surface area contributed by atoms with Crippen LogP contribution in [0.15, 0.2) is 16.6 Å². The summed E-state index contributed by atoms with van der Waals surface area (Å²) in [6, 6.07) is 5.62. The Balaban J connectivity index is 3.22. The second kappa shape index (κ2) is 6.02. The lowest BCUT2D eigenvalue weighted by molar-refractivity contribution is -0.139. The fourth-order valence-electron chi connectivity index (χ4n) is 1.28. The van der Waals surface area contributed by atoms with E-state index in [0.29, 0.717) is 15.4 Å². The largest absolute Gasteiger partial charge is 0.469 e. The van der Waals surface area contributed by atoms with Crippen molar-refractivity contribution in [2.24, 2.45) is 0 Å². The molecule has 0 N–H and O–H groups in total. The van der Waals surface area contributed by atoms with Crippen molar-refractivity contribution in [2.45, 2.75) is 11.8 Å². The lowest BCUT2D eigenvalue weighted by Gasteiger charge is -2.09. The summed E-state index contributed by atoms with van der Waals surface area (Å²) >= 11 is 6.68. The van der Waals surface area contributed by atoms with Gasteiger partial charge in [0.2, 0.25) is 0 Å². The number of carbonyl (C=O) groups excluding carboxylic acids is 1. The summed E-state index contributed by atoms with van der Waals surface area (Å²) in [6.07, 6.45) is 0.160. The summed E-state index contributed by atoms with van der Waals surface area (Å²) in [5, 5.41) is 9.52. The van der Waals surface area contributed by atoms with E-state index in [2.05, 4.69) is 42.7 Å². The molecule has 0 saturated carbocycles. The average Bonchev–Trinajstić information content (AvgIpc) is 2.31. The fraction of sp³-hybridized carbons (Fsp3) is 0.273. The first-order valence-corrected chi connectivity index (χ1v) is 6.38. The van der Waals surface area contributed by atoms with Crippen LogP contribution in [0.3, 0.4) is 0 Å². The molecule has 0 aliphatic carbocycles. The normalized spacial score (nSPS) is 9.62. The minimum atomic E-state index is -0.321. The zero-order valence-corrected chi connectivity index (χ0v) is 11.8. The van der Waals surface area contributed by atoms with Crippen molar-refractivity contribution in [1.29, 1.82) is 5.26 Å². The summed E-state index contributed by atoms with van der Waals surface area (Å²) in [5.74, 6) is -0.321. The maximum atomic E-state index is 11.3. The van der Waals surface area contributed by atoms with E-state index in [4.69, 9.17) is 5.26 Å². The van der Waals surface area contributed by atoms with Gasteiger partial charge in [0.15, 0.2) is 0 Å². The Bertz CT molecular complexity index is 452. The monoisotopic (exact) mass is 345 g/mol. The molecule has 0 unspecified atom stereocenters. The van der Waals surface area contributed by atoms with Crippen LogP contribution in [-0.4, -0.2) is 13.1 Å². The second-order valence-corrected chi connectivity index (χ2v) is 4.42. The van der Waals surface area contributed by atoms with Crippen LogP contribution in [0, 0.1) is 11.3 Å². The van der Waals surface area contributed by atoms with Gasteiger partial charge < -0.3 is 4.74 Å². The molecule has 0 amide bonds. The Morgan fingerprint density at radius 2 is 2.25 bits per heavy atom. The quantitative estimate of drug-likeness (QED) is 0.624. The Hall–Kier alpha value is -0.860. The van der Waals surface area contributed by atoms with E-state index < -0.39 is 0 Å². The summed E-state index contributed by atoms with van der Waals surface area (Å²) < 4.78 is 5.29. The number of rotatable bonds is 3. The fourth-order valence-corrected chi connectivity index (χ4v) is 2.42. The van der Waals surface area contributed by atoms with E-state index in [9.17, 15) is 4.79 Å². The molecule has 0 spiro atoms. The molecule has 0 aliphatic rings. The highest BCUT2D eigenvalue weighted by Gasteiger charge is 2.14. The molecular formula is C11H9Br2NO2. The molecule has 0 fully saturated rings. The van der Waals surface area contributed by atoms with Gasteiger partial charge in [-0.05, 0) is 33.1 Å². The molecule has 1 aromatic rings. The summed E-state index contributed by atoms with van der Waals surface area (Å²) in [6.45, 7) is 0. The van der Waals surface area contributed by atoms with E-state index in [1.165, 1.54) is 7.11 Å². The smallest absolute Gasteiger partial charge is 0.310 e. The topological polar surface area (TPSA) is 50.1 Å². The van der Waals surface area contributed by atoms with Crippen molar-refractivity contribution in [3.8, 4) is 6.07 Å². The molecule has 84 valence electrons. The lowest BCUT2D eigenvalue weighted by atomic mass is 10.0. The van der Waals surface area contributed by atoms with Gasteiger partial charge in [0.05, 0.1) is 19.1 Å². The van der Waals surface area contributed by atoms with Crippen LogP contribution in [-0.2, 0) is 21.3 Å². The van der Waals surface area contributed by atoms with Gasteiger partial charge in [0.1, 0.15) is 6.07 Å². The predicted octanol–water partition coefficient (Wildman–Crippen LogP) is 2.93. The average molecular weight is 347 g/mol. The minimum absolute atomic E-state index is 0.160. The Labute approximate surface area is 111 Å². The number of nitrogens with zero attached hydrogens (tertiary/aromatic N) is 1. The summed E-state index contributed by atoms with van der Waals surface area (Å²) in [4.78, 5) is 11.3. The van der Waals surface area contributed by atoms with Crippen molar-refractivity contribution in [3.63, 3.8) is 0 Å². The molecule has 3 nitrogen and oxygen atoms in total. The summed E-state index contributed by atoms with van der Waals surface area (Å²) in [7, 11) is 1.35. The van der Waals surface area contributed by atoms with Gasteiger partial charge in [-0.2, -0.15) is 5.26 Å². The highest BCUT2D eigenvalue weighted by Crippen LogP contribution is 2.27. The standard InChI is InChI=1S/C11H9Br2NO2/c1-16-10(15)4-9-7(5-12)2-3-8(6-14)11(9)13/h2-3H,4-5H2,1H3. The van der Waals surface area contributed by atoms with Crippen LogP contribution in [0.5, 0.6) is 0 Å². The van der Waals surface area contributed by atoms with E-state index in [1.807, 2.05) is 6.07 Å². The van der Waals surface area contributed by atoms with E-state index in [0.717, 1.165) is 11.1 Å². The van der Waals surface area contributed by atoms with Crippen molar-refractivity contribution >= 4 is 37.8 Å². The number of hydrogen-bond acceptors (Lipinski definition) is 3. The number of alkyl halides is 1. The molecule has 5 heteroatoms. The first-order chi connectivity index (χ1) is 7.63. The molecule has 0 heterocycles. The molecule has 0 aromatic heterocycles. The molecule has 0 saturated heterocycles. The van der Waals surface area contributed by atoms with Crippen molar-refractivity contribution < 1.29 is 9.53 Å². The highest BCUT2D eigenvalue weighted by molar-refractivity contribution is 9.10. The molecule has 1 rings (SSSR count). The van der Waals surface area contributed by atoms with Crippen molar-refractivity contribution in [3.05, 3.63) is 33.3 Å². The number of benzene rings is 1. The Morgan fingerprint density at radius 3 is 2.75 bits per heavy atom. The highest BCUT2D eigenvalue weighted by atomic mass is 79.9. The first kappa shape index (κ1) is 13.2. The lowest BCUT2D eigenvalue weighted by Crippen LogP contribution is -2.08. The molecule has 0 bridgehead atoms. The number of hydrogen-bond donors (Lipinski definition) is 0. The second-order valence-electron chi connectivity index (χ2n) is 3.06. The third-order valence-corrected chi connectivity index (χ3v) is 3.66. The van der Waals surface area contributed by atoms with Crippen LogP contribution in [0.25, 0.3) is 0 Å². The van der Waals surface area contributed by atoms with Gasteiger partial charge in [0, 0.05) is 9.80 Å². The van der Waals surface area contributed by atoms with Crippen LogP contribution in [0.2, 0.25) is 0 Å². The minimum Gasteiger partial charge on any atom is -0.469 e. The van der Waals surface area contributed by atoms with Crippen LogP contribution in [0.1, 0.15) is 16.7 Å². The molecule has 0 atom stereocenters. The molecular weight excluding hydrogens is 338 g/mol. The predicted molar refractivity (Wildman–Crippen MR) is 67.2 cm³/mol. The Morgan fingerprint density at radius 1 is 1.56 bits per heavy atom. The van der Waals surface area contributed by atoms with E-state index in [1.54, 1.807) is 6.07 Å². The Kier molecular flexibility index (Phi) is 4.97. The molecule has 0 radical (unpaired) electrons. The van der Waals surface area contributed by atoms with E-state index in [-0.39, 0.29) is 12.4 Å². The van der Waals surface area contributed by atoms with Crippen molar-refractivity contribution in [1.82, 2.24) is 0 Å². The molecule has 0 aliphatic heterocycles. The van der Waals surface area contributed by atoms with Crippen LogP contribution >= 0.6 is 31.9 Å². The number of ether oxygens (including phenoxy) is 1. The number of esters is 1. The molecule has 16 heavy (non-hydrogen) atoms. The van der Waals surface area contributed by atoms with Gasteiger partial charge in [-0.25, -0.2) is 0 Å². The SMILES string of the molecule is COC(=O)Cc1c(CBr)ccc(C#N)c1Br. The van der Waals surface area contributed by atoms with E-state index >= 15 is 0 Å². The zero-order chi connectivity index (χ0) is 12.1. The number of nitriles is 1. The van der Waals surface area contributed by atoms with Gasteiger partial charge in [-0.3, -0.25) is 4.79 Å². The third-order valence-electron chi connectivity index (χ3n) is 2.15. The van der Waals surface area contributed by atoms with Gasteiger partial charge in [-0.1, -0.05) is 22.0 Å².